The van der Waals surface area contributed by atoms with Crippen molar-refractivity contribution in [2.24, 2.45) is 5.92 Å². The Hall–Kier alpha value is -1.24. The van der Waals surface area contributed by atoms with Crippen LogP contribution in [-0.4, -0.2) is 6.10 Å². The van der Waals surface area contributed by atoms with Gasteiger partial charge in [-0.1, -0.05) is 38.1 Å². The van der Waals surface area contributed by atoms with E-state index >= 15 is 0 Å². The Morgan fingerprint density at radius 1 is 1.27 bits per heavy atom. The van der Waals surface area contributed by atoms with E-state index in [2.05, 4.69) is 33.4 Å². The lowest BCUT2D eigenvalue weighted by molar-refractivity contribution is 0.169. The highest BCUT2D eigenvalue weighted by atomic mass is 16.5. The molecule has 0 saturated heterocycles. The summed E-state index contributed by atoms with van der Waals surface area (Å²) in [7, 11) is 0. The van der Waals surface area contributed by atoms with Gasteiger partial charge in [-0.25, -0.2) is 0 Å². The first-order valence-electron chi connectivity index (χ1n) is 5.50. The molecule has 0 N–H and O–H groups in total. The van der Waals surface area contributed by atoms with E-state index < -0.39 is 0 Å². The van der Waals surface area contributed by atoms with E-state index in [1.54, 1.807) is 0 Å². The molecule has 0 spiro atoms. The van der Waals surface area contributed by atoms with Crippen LogP contribution in [0.5, 0.6) is 5.75 Å². The molecule has 1 nitrogen and oxygen atoms in total. The number of hydrogen-bond donors (Lipinski definition) is 0. The average Bonchev–Trinajstić information content (AvgIpc) is 2.21. The summed E-state index contributed by atoms with van der Waals surface area (Å²) in [5.41, 5.74) is 1.21. The lowest BCUT2D eigenvalue weighted by Gasteiger charge is -2.19. The lowest BCUT2D eigenvalue weighted by atomic mass is 10.1. The number of benzene rings is 1. The average molecular weight is 204 g/mol. The molecule has 0 aliphatic carbocycles. The Labute approximate surface area is 92.8 Å². The maximum Gasteiger partial charge on any atom is 0.123 e. The summed E-state index contributed by atoms with van der Waals surface area (Å²) in [5, 5.41) is 0. The molecule has 82 valence electrons. The van der Waals surface area contributed by atoms with Crippen molar-refractivity contribution >= 4 is 0 Å². The van der Waals surface area contributed by atoms with Gasteiger partial charge < -0.3 is 4.74 Å². The second-order valence-corrected chi connectivity index (χ2v) is 4.17. The van der Waals surface area contributed by atoms with Crippen molar-refractivity contribution in [3.05, 3.63) is 42.5 Å². The molecule has 0 radical (unpaired) electrons. The molecule has 1 rings (SSSR count). The topological polar surface area (TPSA) is 9.23 Å². The molecule has 0 bridgehead atoms. The van der Waals surface area contributed by atoms with Crippen molar-refractivity contribution in [2.45, 2.75) is 33.3 Å². The first-order valence-corrected chi connectivity index (χ1v) is 5.50. The van der Waals surface area contributed by atoms with Gasteiger partial charge in [0.15, 0.2) is 0 Å². The van der Waals surface area contributed by atoms with Crippen LogP contribution in [0.1, 0.15) is 26.3 Å². The van der Waals surface area contributed by atoms with E-state index in [0.29, 0.717) is 5.92 Å². The molecular weight excluding hydrogens is 184 g/mol. The van der Waals surface area contributed by atoms with Crippen LogP contribution in [0.15, 0.2) is 36.9 Å². The van der Waals surface area contributed by atoms with E-state index in [9.17, 15) is 0 Å². The second kappa shape index (κ2) is 5.59. The molecule has 0 amide bonds. The molecule has 1 aromatic carbocycles. The van der Waals surface area contributed by atoms with Crippen LogP contribution in [0.25, 0.3) is 0 Å². The summed E-state index contributed by atoms with van der Waals surface area (Å²) in [6.07, 6.45) is 3.01. The molecule has 1 heteroatoms. The Morgan fingerprint density at radius 3 is 2.53 bits per heavy atom. The molecule has 0 heterocycles. The highest BCUT2D eigenvalue weighted by molar-refractivity contribution is 5.34. The maximum absolute atomic E-state index is 5.91. The minimum absolute atomic E-state index is 0.246. The molecule has 0 aliphatic rings. The van der Waals surface area contributed by atoms with Gasteiger partial charge in [0.1, 0.15) is 5.75 Å². The van der Waals surface area contributed by atoms with Gasteiger partial charge >= 0.3 is 0 Å². The number of para-hydroxylation sites is 1. The normalized spacial score (nSPS) is 12.5. The SMILES string of the molecule is C=CCc1ccccc1OC(C)C(C)C. The van der Waals surface area contributed by atoms with Gasteiger partial charge in [-0.15, -0.1) is 6.58 Å². The van der Waals surface area contributed by atoms with Gasteiger partial charge in [-0.3, -0.25) is 0 Å². The van der Waals surface area contributed by atoms with E-state index in [4.69, 9.17) is 4.74 Å². The minimum Gasteiger partial charge on any atom is -0.490 e. The lowest BCUT2D eigenvalue weighted by Crippen LogP contribution is -2.19. The zero-order chi connectivity index (χ0) is 11.3. The summed E-state index contributed by atoms with van der Waals surface area (Å²) in [6.45, 7) is 10.2. The molecule has 1 atom stereocenters. The first kappa shape index (κ1) is 11.8. The van der Waals surface area contributed by atoms with Gasteiger partial charge in [0.25, 0.3) is 0 Å². The fraction of sp³-hybridized carbons (Fsp3) is 0.429. The van der Waals surface area contributed by atoms with Gasteiger partial charge in [-0.2, -0.15) is 0 Å². The van der Waals surface area contributed by atoms with Crippen LogP contribution in [0, 0.1) is 5.92 Å². The largest absolute Gasteiger partial charge is 0.490 e. The summed E-state index contributed by atoms with van der Waals surface area (Å²) < 4.78 is 5.91. The molecule has 1 aromatic rings. The van der Waals surface area contributed by atoms with Crippen LogP contribution in [-0.2, 0) is 6.42 Å². The molecule has 0 saturated carbocycles. The fourth-order valence-corrected chi connectivity index (χ4v) is 1.28. The zero-order valence-corrected chi connectivity index (χ0v) is 9.86. The van der Waals surface area contributed by atoms with Gasteiger partial charge in [0.2, 0.25) is 0 Å². The van der Waals surface area contributed by atoms with Gasteiger partial charge in [0.05, 0.1) is 6.10 Å². The minimum atomic E-state index is 0.246. The molecule has 0 aliphatic heterocycles. The Balaban J connectivity index is 2.79. The summed E-state index contributed by atoms with van der Waals surface area (Å²) in [4.78, 5) is 0. The monoisotopic (exact) mass is 204 g/mol. The van der Waals surface area contributed by atoms with Gasteiger partial charge in [-0.05, 0) is 30.9 Å². The Bertz CT molecular complexity index is 315. The van der Waals surface area contributed by atoms with Gasteiger partial charge in [0, 0.05) is 0 Å². The molecule has 0 fully saturated rings. The third-order valence-electron chi connectivity index (χ3n) is 2.59. The summed E-state index contributed by atoms with van der Waals surface area (Å²) in [6, 6.07) is 8.16. The Kier molecular flexibility index (Phi) is 4.41. The zero-order valence-electron chi connectivity index (χ0n) is 9.86. The van der Waals surface area contributed by atoms with Crippen LogP contribution in [0.2, 0.25) is 0 Å². The molecule has 0 aromatic heterocycles. The van der Waals surface area contributed by atoms with Crippen LogP contribution >= 0.6 is 0 Å². The van der Waals surface area contributed by atoms with Crippen molar-refractivity contribution < 1.29 is 4.74 Å². The highest BCUT2D eigenvalue weighted by Crippen LogP contribution is 2.21. The van der Waals surface area contributed by atoms with E-state index in [1.165, 1.54) is 5.56 Å². The first-order chi connectivity index (χ1) is 7.15. The summed E-state index contributed by atoms with van der Waals surface area (Å²) in [5.74, 6) is 1.51. The predicted molar refractivity (Wildman–Crippen MR) is 65.3 cm³/mol. The van der Waals surface area contributed by atoms with E-state index in [0.717, 1.165) is 12.2 Å². The van der Waals surface area contributed by atoms with E-state index in [1.807, 2.05) is 24.3 Å². The fourth-order valence-electron chi connectivity index (χ4n) is 1.28. The van der Waals surface area contributed by atoms with Crippen LogP contribution in [0.3, 0.4) is 0 Å². The number of rotatable bonds is 5. The smallest absolute Gasteiger partial charge is 0.123 e. The van der Waals surface area contributed by atoms with Crippen LogP contribution in [0.4, 0.5) is 0 Å². The number of ether oxygens (including phenoxy) is 1. The quantitative estimate of drug-likeness (QED) is 0.662. The molecular formula is C14H20O. The third-order valence-corrected chi connectivity index (χ3v) is 2.59. The Morgan fingerprint density at radius 2 is 1.93 bits per heavy atom. The molecule has 15 heavy (non-hydrogen) atoms. The van der Waals surface area contributed by atoms with E-state index in [-0.39, 0.29) is 6.10 Å². The predicted octanol–water partition coefficient (Wildman–Crippen LogP) is 3.84. The van der Waals surface area contributed by atoms with Crippen molar-refractivity contribution in [3.63, 3.8) is 0 Å². The van der Waals surface area contributed by atoms with Crippen LogP contribution < -0.4 is 4.74 Å². The standard InChI is InChI=1S/C14H20O/c1-5-8-13-9-6-7-10-14(13)15-12(4)11(2)3/h5-7,9-12H,1,8H2,2-4H3. The highest BCUT2D eigenvalue weighted by Gasteiger charge is 2.10. The van der Waals surface area contributed by atoms with Crippen molar-refractivity contribution in [2.75, 3.05) is 0 Å². The molecule has 1 unspecified atom stereocenters. The van der Waals surface area contributed by atoms with Crippen molar-refractivity contribution in [3.8, 4) is 5.75 Å². The van der Waals surface area contributed by atoms with Crippen molar-refractivity contribution in [1.82, 2.24) is 0 Å². The second-order valence-electron chi connectivity index (χ2n) is 4.17. The maximum atomic E-state index is 5.91. The third kappa shape index (κ3) is 3.43. The number of allylic oxidation sites excluding steroid dienone is 1. The summed E-state index contributed by atoms with van der Waals surface area (Å²) >= 11 is 0. The van der Waals surface area contributed by atoms with Crippen molar-refractivity contribution in [1.29, 1.82) is 0 Å². The number of hydrogen-bond acceptors (Lipinski definition) is 1.